The van der Waals surface area contributed by atoms with Crippen LogP contribution in [0.4, 0.5) is 0 Å². The molecular formula is C17H25NO4. The van der Waals surface area contributed by atoms with E-state index in [0.29, 0.717) is 23.0 Å². The lowest BCUT2D eigenvalue weighted by molar-refractivity contribution is 0.0583. The molecule has 1 heterocycles. The molecule has 5 nitrogen and oxygen atoms in total. The van der Waals surface area contributed by atoms with Gasteiger partial charge in [0.25, 0.3) is 5.91 Å². The molecular weight excluding hydrogens is 282 g/mol. The quantitative estimate of drug-likeness (QED) is 0.810. The highest BCUT2D eigenvalue weighted by Crippen LogP contribution is 2.28. The molecule has 1 amide bonds. The maximum Gasteiger partial charge on any atom is 0.253 e. The molecule has 5 heteroatoms. The molecule has 0 bridgehead atoms. The predicted octanol–water partition coefficient (Wildman–Crippen LogP) is 2.59. The molecule has 0 atom stereocenters. The van der Waals surface area contributed by atoms with Gasteiger partial charge in [-0.1, -0.05) is 0 Å². The van der Waals surface area contributed by atoms with Gasteiger partial charge in [0.1, 0.15) is 0 Å². The number of rotatable bonds is 6. The van der Waals surface area contributed by atoms with Crippen molar-refractivity contribution in [2.75, 3.05) is 41.0 Å². The van der Waals surface area contributed by atoms with Crippen molar-refractivity contribution in [1.82, 2.24) is 4.90 Å². The molecule has 1 aliphatic rings. The van der Waals surface area contributed by atoms with Crippen molar-refractivity contribution in [3.63, 3.8) is 0 Å². The fourth-order valence-corrected chi connectivity index (χ4v) is 2.70. The number of benzene rings is 1. The highest BCUT2D eigenvalue weighted by molar-refractivity contribution is 5.94. The van der Waals surface area contributed by atoms with Gasteiger partial charge in [0.2, 0.25) is 0 Å². The van der Waals surface area contributed by atoms with E-state index in [0.717, 1.165) is 39.0 Å². The van der Waals surface area contributed by atoms with E-state index < -0.39 is 0 Å². The summed E-state index contributed by atoms with van der Waals surface area (Å²) in [5.74, 6) is 1.87. The average Bonchev–Trinajstić information content (AvgIpc) is 2.59. The monoisotopic (exact) mass is 307 g/mol. The van der Waals surface area contributed by atoms with Gasteiger partial charge in [0.15, 0.2) is 11.5 Å². The van der Waals surface area contributed by atoms with E-state index in [-0.39, 0.29) is 5.91 Å². The standard InChI is InChI=1S/C17H25NO4/c1-18(9-6-13-7-10-22-11-8-13)17(19)14-4-5-15(20-2)16(12-14)21-3/h4-5,12-13H,6-11H2,1-3H3. The van der Waals surface area contributed by atoms with Crippen molar-refractivity contribution in [1.29, 1.82) is 0 Å². The van der Waals surface area contributed by atoms with E-state index in [4.69, 9.17) is 14.2 Å². The van der Waals surface area contributed by atoms with E-state index in [1.165, 1.54) is 0 Å². The van der Waals surface area contributed by atoms with Crippen LogP contribution < -0.4 is 9.47 Å². The maximum atomic E-state index is 12.5. The van der Waals surface area contributed by atoms with Crippen LogP contribution in [0.2, 0.25) is 0 Å². The van der Waals surface area contributed by atoms with E-state index in [9.17, 15) is 4.79 Å². The SMILES string of the molecule is COc1ccc(C(=O)N(C)CCC2CCOCC2)cc1OC. The van der Waals surface area contributed by atoms with Crippen molar-refractivity contribution in [2.24, 2.45) is 5.92 Å². The molecule has 122 valence electrons. The third kappa shape index (κ3) is 4.13. The molecule has 1 fully saturated rings. The normalized spacial score (nSPS) is 15.4. The van der Waals surface area contributed by atoms with Crippen LogP contribution in [0, 0.1) is 5.92 Å². The molecule has 0 unspecified atom stereocenters. The highest BCUT2D eigenvalue weighted by atomic mass is 16.5. The number of methoxy groups -OCH3 is 2. The minimum absolute atomic E-state index is 0.00742. The van der Waals surface area contributed by atoms with Crippen LogP contribution in [-0.2, 0) is 4.74 Å². The van der Waals surface area contributed by atoms with Crippen LogP contribution in [0.3, 0.4) is 0 Å². The summed E-state index contributed by atoms with van der Waals surface area (Å²) in [6.07, 6.45) is 3.22. The molecule has 2 rings (SSSR count). The summed E-state index contributed by atoms with van der Waals surface area (Å²) < 4.78 is 15.8. The van der Waals surface area contributed by atoms with Crippen LogP contribution in [0.1, 0.15) is 29.6 Å². The van der Waals surface area contributed by atoms with Crippen molar-refractivity contribution in [3.8, 4) is 11.5 Å². The van der Waals surface area contributed by atoms with Gasteiger partial charge in [-0.25, -0.2) is 0 Å². The number of carbonyl (C=O) groups is 1. The van der Waals surface area contributed by atoms with Gasteiger partial charge in [-0.2, -0.15) is 0 Å². The molecule has 0 radical (unpaired) electrons. The van der Waals surface area contributed by atoms with E-state index >= 15 is 0 Å². The summed E-state index contributed by atoms with van der Waals surface area (Å²) in [6, 6.07) is 5.26. The number of hydrogen-bond acceptors (Lipinski definition) is 4. The Bertz CT molecular complexity index is 497. The Morgan fingerprint density at radius 2 is 1.91 bits per heavy atom. The summed E-state index contributed by atoms with van der Waals surface area (Å²) in [4.78, 5) is 14.3. The van der Waals surface area contributed by atoms with Crippen LogP contribution in [0.25, 0.3) is 0 Å². The minimum Gasteiger partial charge on any atom is -0.493 e. The Morgan fingerprint density at radius 3 is 2.55 bits per heavy atom. The van der Waals surface area contributed by atoms with Gasteiger partial charge >= 0.3 is 0 Å². The summed E-state index contributed by atoms with van der Waals surface area (Å²) in [5, 5.41) is 0. The molecule has 22 heavy (non-hydrogen) atoms. The van der Waals surface area contributed by atoms with Crippen molar-refractivity contribution < 1.29 is 19.0 Å². The molecule has 1 aromatic carbocycles. The molecule has 1 saturated heterocycles. The first-order valence-corrected chi connectivity index (χ1v) is 7.71. The molecule has 0 saturated carbocycles. The zero-order chi connectivity index (χ0) is 15.9. The smallest absolute Gasteiger partial charge is 0.253 e. The Labute approximate surface area is 132 Å². The second-order valence-electron chi connectivity index (χ2n) is 5.64. The fraction of sp³-hybridized carbons (Fsp3) is 0.588. The zero-order valence-electron chi connectivity index (χ0n) is 13.6. The van der Waals surface area contributed by atoms with Gasteiger partial charge in [-0.15, -0.1) is 0 Å². The molecule has 0 aromatic heterocycles. The third-order valence-corrected chi connectivity index (χ3v) is 4.19. The third-order valence-electron chi connectivity index (χ3n) is 4.19. The Kier molecular flexibility index (Phi) is 6.07. The number of carbonyl (C=O) groups excluding carboxylic acids is 1. The Morgan fingerprint density at radius 1 is 1.23 bits per heavy atom. The van der Waals surface area contributed by atoms with Crippen LogP contribution in [0.5, 0.6) is 11.5 Å². The van der Waals surface area contributed by atoms with E-state index in [1.54, 1.807) is 37.3 Å². The van der Waals surface area contributed by atoms with Gasteiger partial charge in [-0.05, 0) is 43.4 Å². The summed E-state index contributed by atoms with van der Waals surface area (Å²) in [5.41, 5.74) is 0.618. The molecule has 0 spiro atoms. The van der Waals surface area contributed by atoms with Gasteiger partial charge in [-0.3, -0.25) is 4.79 Å². The summed E-state index contributed by atoms with van der Waals surface area (Å²) in [7, 11) is 5.00. The molecule has 0 aliphatic carbocycles. The number of amides is 1. The minimum atomic E-state index is 0.00742. The lowest BCUT2D eigenvalue weighted by Gasteiger charge is -2.25. The summed E-state index contributed by atoms with van der Waals surface area (Å²) in [6.45, 7) is 2.45. The number of hydrogen-bond donors (Lipinski definition) is 0. The van der Waals surface area contributed by atoms with Gasteiger partial charge in [0.05, 0.1) is 14.2 Å². The molecule has 0 N–H and O–H groups in total. The summed E-state index contributed by atoms with van der Waals surface area (Å²) >= 11 is 0. The van der Waals surface area contributed by atoms with Crippen LogP contribution in [0.15, 0.2) is 18.2 Å². The molecule has 1 aromatic rings. The van der Waals surface area contributed by atoms with Crippen LogP contribution in [-0.4, -0.2) is 51.8 Å². The topological polar surface area (TPSA) is 48.0 Å². The predicted molar refractivity (Wildman–Crippen MR) is 84.7 cm³/mol. The van der Waals surface area contributed by atoms with Gasteiger partial charge < -0.3 is 19.1 Å². The largest absolute Gasteiger partial charge is 0.493 e. The van der Waals surface area contributed by atoms with Gasteiger partial charge in [0, 0.05) is 32.4 Å². The van der Waals surface area contributed by atoms with E-state index in [2.05, 4.69) is 0 Å². The zero-order valence-corrected chi connectivity index (χ0v) is 13.6. The maximum absolute atomic E-state index is 12.5. The molecule has 1 aliphatic heterocycles. The Hall–Kier alpha value is -1.75. The number of ether oxygens (including phenoxy) is 3. The Balaban J connectivity index is 1.94. The first-order chi connectivity index (χ1) is 10.7. The first kappa shape index (κ1) is 16.6. The first-order valence-electron chi connectivity index (χ1n) is 7.71. The highest BCUT2D eigenvalue weighted by Gasteiger charge is 2.18. The average molecular weight is 307 g/mol. The second kappa shape index (κ2) is 8.03. The van der Waals surface area contributed by atoms with Crippen LogP contribution >= 0.6 is 0 Å². The fourth-order valence-electron chi connectivity index (χ4n) is 2.70. The van der Waals surface area contributed by atoms with E-state index in [1.807, 2.05) is 7.05 Å². The van der Waals surface area contributed by atoms with Crippen molar-refractivity contribution in [3.05, 3.63) is 23.8 Å². The van der Waals surface area contributed by atoms with Crippen molar-refractivity contribution >= 4 is 5.91 Å². The number of nitrogens with zero attached hydrogens (tertiary/aromatic N) is 1. The second-order valence-corrected chi connectivity index (χ2v) is 5.64. The lowest BCUT2D eigenvalue weighted by atomic mass is 9.96. The van der Waals surface area contributed by atoms with Crippen molar-refractivity contribution in [2.45, 2.75) is 19.3 Å². The lowest BCUT2D eigenvalue weighted by Crippen LogP contribution is -2.30.